The number of piperidine rings is 1. The van der Waals surface area contributed by atoms with Crippen molar-refractivity contribution in [1.29, 1.82) is 0 Å². The van der Waals surface area contributed by atoms with E-state index in [1.54, 1.807) is 7.11 Å². The van der Waals surface area contributed by atoms with Crippen LogP contribution in [0.2, 0.25) is 0 Å². The Hall–Kier alpha value is -1.39. The number of likely N-dealkylation sites (tertiary alicyclic amines) is 1. The van der Waals surface area contributed by atoms with E-state index in [4.69, 9.17) is 9.84 Å². The van der Waals surface area contributed by atoms with Crippen molar-refractivity contribution in [3.63, 3.8) is 0 Å². The molecule has 4 nitrogen and oxygen atoms in total. The Morgan fingerprint density at radius 3 is 2.70 bits per heavy atom. The van der Waals surface area contributed by atoms with E-state index in [-0.39, 0.29) is 12.4 Å². The van der Waals surface area contributed by atoms with Crippen LogP contribution >= 0.6 is 0 Å². The smallest absolute Gasteiger partial charge is 0.180 e. The highest BCUT2D eigenvalue weighted by atomic mass is 16.5. The number of benzene rings is 1. The Labute approximate surface area is 120 Å². The highest BCUT2D eigenvalue weighted by Gasteiger charge is 2.21. The summed E-state index contributed by atoms with van der Waals surface area (Å²) in [5.41, 5.74) is 1.74. The first-order chi connectivity index (χ1) is 9.63. The monoisotopic (exact) mass is 277 g/mol. The number of methoxy groups -OCH3 is 1. The van der Waals surface area contributed by atoms with Gasteiger partial charge in [-0.05, 0) is 56.5 Å². The molecule has 0 bridgehead atoms. The fourth-order valence-corrected chi connectivity index (χ4v) is 2.64. The van der Waals surface area contributed by atoms with Crippen LogP contribution in [-0.4, -0.2) is 49.1 Å². The average molecular weight is 277 g/mol. The summed E-state index contributed by atoms with van der Waals surface area (Å²) in [6.45, 7) is 4.43. The Morgan fingerprint density at radius 1 is 1.40 bits per heavy atom. The molecule has 1 heterocycles. The third-order valence-electron chi connectivity index (χ3n) is 3.99. The maximum absolute atomic E-state index is 12.4. The molecule has 0 saturated carbocycles. The lowest BCUT2D eigenvalue weighted by molar-refractivity contribution is 0.0861. The first-order valence-corrected chi connectivity index (χ1v) is 7.15. The second kappa shape index (κ2) is 6.86. The standard InChI is InChI=1S/C16H23NO3/c1-12-3-4-14(16(9-12)20-2)15(19)10-17-7-5-13(11-18)6-8-17/h3-4,9,13,18H,5-8,10-11H2,1-2H3. The first-order valence-electron chi connectivity index (χ1n) is 7.15. The van der Waals surface area contributed by atoms with Crippen molar-refractivity contribution in [3.8, 4) is 5.75 Å². The first kappa shape index (κ1) is 15.0. The Balaban J connectivity index is 1.98. The zero-order chi connectivity index (χ0) is 14.5. The molecule has 2 rings (SSSR count). The van der Waals surface area contributed by atoms with Crippen molar-refractivity contribution in [2.24, 2.45) is 5.92 Å². The minimum Gasteiger partial charge on any atom is -0.496 e. The van der Waals surface area contributed by atoms with E-state index < -0.39 is 0 Å². The second-order valence-electron chi connectivity index (χ2n) is 5.53. The van der Waals surface area contributed by atoms with Crippen LogP contribution in [0.25, 0.3) is 0 Å². The van der Waals surface area contributed by atoms with Crippen LogP contribution in [0.3, 0.4) is 0 Å². The number of aliphatic hydroxyl groups excluding tert-OH is 1. The lowest BCUT2D eigenvalue weighted by Gasteiger charge is -2.30. The van der Waals surface area contributed by atoms with E-state index in [2.05, 4.69) is 4.90 Å². The van der Waals surface area contributed by atoms with Gasteiger partial charge in [0.1, 0.15) is 5.75 Å². The second-order valence-corrected chi connectivity index (χ2v) is 5.53. The maximum Gasteiger partial charge on any atom is 0.180 e. The van der Waals surface area contributed by atoms with Gasteiger partial charge in [0.25, 0.3) is 0 Å². The van der Waals surface area contributed by atoms with Crippen LogP contribution in [-0.2, 0) is 0 Å². The zero-order valence-electron chi connectivity index (χ0n) is 12.3. The van der Waals surface area contributed by atoms with Gasteiger partial charge in [0.05, 0.1) is 19.2 Å². The number of carbonyl (C=O) groups is 1. The number of rotatable bonds is 5. The molecule has 0 spiro atoms. The molecule has 0 amide bonds. The number of hydrogen-bond acceptors (Lipinski definition) is 4. The van der Waals surface area contributed by atoms with Crippen molar-refractivity contribution in [3.05, 3.63) is 29.3 Å². The van der Waals surface area contributed by atoms with Crippen LogP contribution in [0.4, 0.5) is 0 Å². The highest BCUT2D eigenvalue weighted by molar-refractivity contribution is 6.00. The van der Waals surface area contributed by atoms with Gasteiger partial charge in [0.15, 0.2) is 5.78 Å². The Kier molecular flexibility index (Phi) is 5.15. The van der Waals surface area contributed by atoms with Gasteiger partial charge in [0, 0.05) is 6.61 Å². The van der Waals surface area contributed by atoms with Crippen LogP contribution in [0.15, 0.2) is 18.2 Å². The Morgan fingerprint density at radius 2 is 2.10 bits per heavy atom. The van der Waals surface area contributed by atoms with Gasteiger partial charge in [0.2, 0.25) is 0 Å². The summed E-state index contributed by atoms with van der Waals surface area (Å²) in [4.78, 5) is 14.5. The minimum atomic E-state index is 0.101. The molecule has 0 aromatic heterocycles. The lowest BCUT2D eigenvalue weighted by Crippen LogP contribution is -2.38. The molecule has 1 aliphatic rings. The van der Waals surface area contributed by atoms with Crippen molar-refractivity contribution in [2.45, 2.75) is 19.8 Å². The van der Waals surface area contributed by atoms with E-state index in [1.165, 1.54) is 0 Å². The van der Waals surface area contributed by atoms with Gasteiger partial charge >= 0.3 is 0 Å². The lowest BCUT2D eigenvalue weighted by atomic mass is 9.97. The fraction of sp³-hybridized carbons (Fsp3) is 0.562. The predicted octanol–water partition coefficient (Wildman–Crippen LogP) is 1.89. The summed E-state index contributed by atoms with van der Waals surface area (Å²) in [5.74, 6) is 1.15. The van der Waals surface area contributed by atoms with Crippen LogP contribution in [0.1, 0.15) is 28.8 Å². The zero-order valence-corrected chi connectivity index (χ0v) is 12.3. The number of Topliss-reactive ketones (excluding diaryl/α,β-unsaturated/α-hetero) is 1. The molecule has 20 heavy (non-hydrogen) atoms. The topological polar surface area (TPSA) is 49.8 Å². The quantitative estimate of drug-likeness (QED) is 0.835. The molecule has 110 valence electrons. The number of hydrogen-bond donors (Lipinski definition) is 1. The molecule has 1 aliphatic heterocycles. The van der Waals surface area contributed by atoms with Crippen LogP contribution < -0.4 is 4.74 Å². The minimum absolute atomic E-state index is 0.101. The summed E-state index contributed by atoms with van der Waals surface area (Å²) < 4.78 is 5.30. The van der Waals surface area contributed by atoms with Gasteiger partial charge in [-0.2, -0.15) is 0 Å². The molecule has 1 aromatic carbocycles. The summed E-state index contributed by atoms with van der Waals surface area (Å²) in [7, 11) is 1.60. The molecule has 1 saturated heterocycles. The van der Waals surface area contributed by atoms with Gasteiger partial charge in [-0.25, -0.2) is 0 Å². The molecule has 0 aliphatic carbocycles. The number of ketones is 1. The number of aryl methyl sites for hydroxylation is 1. The van der Waals surface area contributed by atoms with Crippen LogP contribution in [0.5, 0.6) is 5.75 Å². The SMILES string of the molecule is COc1cc(C)ccc1C(=O)CN1CCC(CO)CC1. The molecule has 0 radical (unpaired) electrons. The van der Waals surface area contributed by atoms with E-state index in [0.29, 0.717) is 23.8 Å². The molecule has 0 atom stereocenters. The van der Waals surface area contributed by atoms with Crippen molar-refractivity contribution in [1.82, 2.24) is 4.90 Å². The predicted molar refractivity (Wildman–Crippen MR) is 78.3 cm³/mol. The number of aliphatic hydroxyl groups is 1. The van der Waals surface area contributed by atoms with Gasteiger partial charge < -0.3 is 9.84 Å². The average Bonchev–Trinajstić information content (AvgIpc) is 2.47. The summed E-state index contributed by atoms with van der Waals surface area (Å²) in [6.07, 6.45) is 1.93. The largest absolute Gasteiger partial charge is 0.496 e. The Bertz CT molecular complexity index is 465. The number of ether oxygens (including phenoxy) is 1. The molecule has 0 unspecified atom stereocenters. The van der Waals surface area contributed by atoms with E-state index in [9.17, 15) is 4.79 Å². The molecule has 4 heteroatoms. The van der Waals surface area contributed by atoms with Crippen LogP contribution in [0, 0.1) is 12.8 Å². The molecule has 1 aromatic rings. The van der Waals surface area contributed by atoms with E-state index in [1.807, 2.05) is 25.1 Å². The van der Waals surface area contributed by atoms with E-state index in [0.717, 1.165) is 31.5 Å². The van der Waals surface area contributed by atoms with Gasteiger partial charge in [-0.15, -0.1) is 0 Å². The van der Waals surface area contributed by atoms with Crippen molar-refractivity contribution >= 4 is 5.78 Å². The fourth-order valence-electron chi connectivity index (χ4n) is 2.64. The number of nitrogens with zero attached hydrogens (tertiary/aromatic N) is 1. The van der Waals surface area contributed by atoms with Crippen molar-refractivity contribution < 1.29 is 14.6 Å². The normalized spacial score (nSPS) is 17.1. The van der Waals surface area contributed by atoms with E-state index >= 15 is 0 Å². The molecular formula is C16H23NO3. The van der Waals surface area contributed by atoms with Crippen molar-refractivity contribution in [2.75, 3.05) is 33.4 Å². The third-order valence-corrected chi connectivity index (χ3v) is 3.99. The highest BCUT2D eigenvalue weighted by Crippen LogP contribution is 2.22. The van der Waals surface area contributed by atoms with Gasteiger partial charge in [-0.3, -0.25) is 9.69 Å². The molecule has 1 fully saturated rings. The summed E-state index contributed by atoms with van der Waals surface area (Å²) >= 11 is 0. The maximum atomic E-state index is 12.4. The summed E-state index contributed by atoms with van der Waals surface area (Å²) in [5, 5.41) is 9.13. The number of carbonyl (C=O) groups excluding carboxylic acids is 1. The van der Waals surface area contributed by atoms with Gasteiger partial charge in [-0.1, -0.05) is 6.07 Å². The molecular weight excluding hydrogens is 254 g/mol. The molecule has 1 N–H and O–H groups in total. The third kappa shape index (κ3) is 3.58. The summed E-state index contributed by atoms with van der Waals surface area (Å²) in [6, 6.07) is 5.68.